The largest absolute Gasteiger partial charge is 0.514 e. The van der Waals surface area contributed by atoms with Crippen molar-refractivity contribution in [2.75, 3.05) is 7.11 Å². The average molecular weight is 383 g/mol. The molecule has 28 heavy (non-hydrogen) atoms. The van der Waals surface area contributed by atoms with E-state index in [4.69, 9.17) is 14.2 Å². The van der Waals surface area contributed by atoms with Gasteiger partial charge in [0.25, 0.3) is 0 Å². The molecule has 0 atom stereocenters. The van der Waals surface area contributed by atoms with Crippen LogP contribution >= 0.6 is 0 Å². The highest BCUT2D eigenvalue weighted by Gasteiger charge is 2.36. The van der Waals surface area contributed by atoms with Crippen molar-refractivity contribution in [1.82, 2.24) is 4.57 Å². The molecule has 146 valence electrons. The second kappa shape index (κ2) is 7.72. The Morgan fingerprint density at radius 1 is 1.14 bits per heavy atom. The van der Waals surface area contributed by atoms with Gasteiger partial charge >= 0.3 is 6.16 Å². The van der Waals surface area contributed by atoms with Crippen molar-refractivity contribution in [3.8, 4) is 5.75 Å². The normalized spacial score (nSPS) is 13.2. The summed E-state index contributed by atoms with van der Waals surface area (Å²) in [5.41, 5.74) is 1.70. The van der Waals surface area contributed by atoms with Crippen molar-refractivity contribution >= 4 is 17.7 Å². The van der Waals surface area contributed by atoms with Gasteiger partial charge in [-0.3, -0.25) is 9.59 Å². The van der Waals surface area contributed by atoms with Crippen LogP contribution in [0.5, 0.6) is 5.75 Å². The van der Waals surface area contributed by atoms with Crippen LogP contribution in [0.2, 0.25) is 0 Å². The van der Waals surface area contributed by atoms with E-state index < -0.39 is 11.9 Å². The fourth-order valence-electron chi connectivity index (χ4n) is 3.45. The number of ether oxygens (including phenoxy) is 3. The summed E-state index contributed by atoms with van der Waals surface area (Å²) in [6.45, 7) is 3.68. The topological polar surface area (TPSA) is 83.8 Å². The predicted octanol–water partition coefficient (Wildman–Crippen LogP) is 3.77. The van der Waals surface area contributed by atoms with E-state index in [1.54, 1.807) is 41.9 Å². The SMILES string of the molecule is COC1=CC(=O)c2c(c(COC(=O)Oc3ccccc3)c(C(C)C)n2C)C1=O. The van der Waals surface area contributed by atoms with Gasteiger partial charge in [-0.25, -0.2) is 4.79 Å². The summed E-state index contributed by atoms with van der Waals surface area (Å²) in [6.07, 6.45) is 0.291. The number of aromatic nitrogens is 1. The van der Waals surface area contributed by atoms with Crippen LogP contribution in [0.25, 0.3) is 0 Å². The number of ketones is 2. The van der Waals surface area contributed by atoms with E-state index in [-0.39, 0.29) is 35.3 Å². The Balaban J connectivity index is 1.93. The fraction of sp³-hybridized carbons (Fsp3) is 0.286. The summed E-state index contributed by atoms with van der Waals surface area (Å²) in [6, 6.07) is 8.52. The van der Waals surface area contributed by atoms with Gasteiger partial charge in [-0.2, -0.15) is 0 Å². The quantitative estimate of drug-likeness (QED) is 0.577. The van der Waals surface area contributed by atoms with Crippen molar-refractivity contribution in [2.45, 2.75) is 26.4 Å². The van der Waals surface area contributed by atoms with Gasteiger partial charge in [0.1, 0.15) is 18.1 Å². The molecule has 0 bridgehead atoms. The van der Waals surface area contributed by atoms with Crippen LogP contribution in [0.4, 0.5) is 4.79 Å². The number of Topliss-reactive ketones (excluding diaryl/α,β-unsaturated/α-hetero) is 1. The Hall–Kier alpha value is -3.35. The van der Waals surface area contributed by atoms with Crippen molar-refractivity contribution in [3.05, 3.63) is 64.7 Å². The first-order valence-corrected chi connectivity index (χ1v) is 8.81. The van der Waals surface area contributed by atoms with E-state index in [9.17, 15) is 14.4 Å². The van der Waals surface area contributed by atoms with Crippen molar-refractivity contribution in [3.63, 3.8) is 0 Å². The number of methoxy groups -OCH3 is 1. The summed E-state index contributed by atoms with van der Waals surface area (Å²) in [4.78, 5) is 37.4. The molecule has 0 saturated carbocycles. The van der Waals surface area contributed by atoms with Gasteiger partial charge in [0.2, 0.25) is 11.6 Å². The molecule has 7 nitrogen and oxygen atoms in total. The minimum atomic E-state index is -0.893. The smallest absolute Gasteiger partial charge is 0.492 e. The molecule has 7 heteroatoms. The van der Waals surface area contributed by atoms with E-state index in [0.29, 0.717) is 11.3 Å². The molecule has 1 heterocycles. The molecule has 0 fully saturated rings. The Bertz CT molecular complexity index is 969. The second-order valence-corrected chi connectivity index (χ2v) is 6.66. The lowest BCUT2D eigenvalue weighted by molar-refractivity contribution is 0.0880. The number of hydrogen-bond donors (Lipinski definition) is 0. The van der Waals surface area contributed by atoms with E-state index in [1.807, 2.05) is 13.8 Å². The zero-order valence-corrected chi connectivity index (χ0v) is 16.1. The first-order chi connectivity index (χ1) is 13.3. The van der Waals surface area contributed by atoms with Crippen LogP contribution in [0, 0.1) is 0 Å². The lowest BCUT2D eigenvalue weighted by atomic mass is 9.94. The third-order valence-electron chi connectivity index (χ3n) is 4.54. The Labute approximate surface area is 162 Å². The summed E-state index contributed by atoms with van der Waals surface area (Å²) >= 11 is 0. The zero-order valence-electron chi connectivity index (χ0n) is 16.1. The monoisotopic (exact) mass is 383 g/mol. The highest BCUT2D eigenvalue weighted by atomic mass is 16.7. The average Bonchev–Trinajstić information content (AvgIpc) is 2.97. The van der Waals surface area contributed by atoms with E-state index in [1.165, 1.54) is 13.2 Å². The first kappa shape index (κ1) is 19.4. The van der Waals surface area contributed by atoms with Gasteiger partial charge < -0.3 is 18.8 Å². The molecular formula is C21H21NO6. The van der Waals surface area contributed by atoms with Crippen LogP contribution < -0.4 is 4.74 Å². The maximum Gasteiger partial charge on any atom is 0.514 e. The molecule has 0 radical (unpaired) electrons. The maximum absolute atomic E-state index is 12.8. The molecule has 1 aromatic carbocycles. The molecule has 2 aromatic rings. The molecule has 0 N–H and O–H groups in total. The van der Waals surface area contributed by atoms with Crippen LogP contribution in [-0.2, 0) is 23.1 Å². The van der Waals surface area contributed by atoms with Gasteiger partial charge in [-0.05, 0) is 18.1 Å². The Morgan fingerprint density at radius 2 is 1.82 bits per heavy atom. The maximum atomic E-state index is 12.8. The number of carbonyl (C=O) groups excluding carboxylic acids is 3. The molecule has 3 rings (SSSR count). The number of hydrogen-bond acceptors (Lipinski definition) is 6. The number of fused-ring (bicyclic) bond motifs is 1. The molecule has 1 aliphatic rings. The highest BCUT2D eigenvalue weighted by molar-refractivity contribution is 6.24. The van der Waals surface area contributed by atoms with Gasteiger partial charge in [-0.15, -0.1) is 0 Å². The number of nitrogens with zero attached hydrogens (tertiary/aromatic N) is 1. The summed E-state index contributed by atoms with van der Waals surface area (Å²) < 4.78 is 17.1. The lowest BCUT2D eigenvalue weighted by Gasteiger charge is -2.13. The molecule has 1 aromatic heterocycles. The van der Waals surface area contributed by atoms with Gasteiger partial charge in [0, 0.05) is 24.4 Å². The van der Waals surface area contributed by atoms with Crippen LogP contribution in [0.1, 0.15) is 51.9 Å². The highest BCUT2D eigenvalue weighted by Crippen LogP contribution is 2.34. The Morgan fingerprint density at radius 3 is 2.43 bits per heavy atom. The van der Waals surface area contributed by atoms with E-state index in [0.717, 1.165) is 5.69 Å². The number of carbonyl (C=O) groups is 3. The molecule has 0 aliphatic heterocycles. The molecule has 0 spiro atoms. The predicted molar refractivity (Wildman–Crippen MR) is 101 cm³/mol. The Kier molecular flexibility index (Phi) is 5.35. The zero-order chi connectivity index (χ0) is 20.4. The standard InChI is InChI=1S/C21H21NO6/c1-12(2)18-14(11-27-21(25)28-13-8-6-5-7-9-13)17-19(22(18)3)15(23)10-16(26-4)20(17)24/h5-10,12H,11H2,1-4H3. The minimum absolute atomic E-state index is 0.00839. The van der Waals surface area contributed by atoms with Gasteiger partial charge in [-0.1, -0.05) is 32.0 Å². The van der Waals surface area contributed by atoms with Crippen LogP contribution in [0.3, 0.4) is 0 Å². The summed E-state index contributed by atoms with van der Waals surface area (Å²) in [5, 5.41) is 0. The van der Waals surface area contributed by atoms with Gasteiger partial charge in [0.15, 0.2) is 5.76 Å². The third kappa shape index (κ3) is 3.43. The van der Waals surface area contributed by atoms with Crippen molar-refractivity contribution in [1.29, 1.82) is 0 Å². The molecule has 0 unspecified atom stereocenters. The number of para-hydroxylation sites is 1. The van der Waals surface area contributed by atoms with Crippen molar-refractivity contribution in [2.24, 2.45) is 7.05 Å². The number of benzene rings is 1. The van der Waals surface area contributed by atoms with E-state index in [2.05, 4.69) is 0 Å². The fourth-order valence-corrected chi connectivity index (χ4v) is 3.45. The van der Waals surface area contributed by atoms with Crippen LogP contribution in [-0.4, -0.2) is 29.4 Å². The summed E-state index contributed by atoms with van der Waals surface area (Å²) in [5.74, 6) is -0.427. The second-order valence-electron chi connectivity index (χ2n) is 6.66. The molecular weight excluding hydrogens is 362 g/mol. The van der Waals surface area contributed by atoms with Gasteiger partial charge in [0.05, 0.1) is 12.7 Å². The minimum Gasteiger partial charge on any atom is -0.492 e. The molecule has 0 amide bonds. The van der Waals surface area contributed by atoms with Crippen LogP contribution in [0.15, 0.2) is 42.2 Å². The molecule has 1 aliphatic carbocycles. The first-order valence-electron chi connectivity index (χ1n) is 8.81. The number of rotatable bonds is 5. The van der Waals surface area contributed by atoms with E-state index >= 15 is 0 Å². The third-order valence-corrected chi connectivity index (χ3v) is 4.54. The summed E-state index contributed by atoms with van der Waals surface area (Å²) in [7, 11) is 3.05. The van der Waals surface area contributed by atoms with Crippen molar-refractivity contribution < 1.29 is 28.6 Å². The lowest BCUT2D eigenvalue weighted by Crippen LogP contribution is -2.20. The number of allylic oxidation sites excluding steroid dienone is 2. The molecule has 0 saturated heterocycles.